The van der Waals surface area contributed by atoms with E-state index >= 15 is 0 Å². The molecule has 0 saturated carbocycles. The van der Waals surface area contributed by atoms with Crippen molar-refractivity contribution >= 4 is 6.41 Å². The Hall–Kier alpha value is -2.17. The zero-order chi connectivity index (χ0) is 19.6. The van der Waals surface area contributed by atoms with Crippen LogP contribution in [0.15, 0.2) is 60.7 Å². The molecule has 4 nitrogen and oxygen atoms in total. The molecule has 1 amide bonds. The maximum Gasteiger partial charge on any atom is 0.207 e. The first-order chi connectivity index (χ1) is 13.8. The van der Waals surface area contributed by atoms with Crippen LogP contribution in [0.25, 0.3) is 0 Å². The molecule has 2 aliphatic heterocycles. The van der Waals surface area contributed by atoms with E-state index in [0.717, 1.165) is 17.5 Å². The number of likely N-dealkylation sites (N-methyl/N-ethyl adjacent to an activating group) is 1. The van der Waals surface area contributed by atoms with Gasteiger partial charge in [0.15, 0.2) is 0 Å². The highest BCUT2D eigenvalue weighted by atomic mass is 16.1. The molecule has 0 bridgehead atoms. The number of hydrogen-bond acceptors (Lipinski definition) is 3. The first kappa shape index (κ1) is 20.6. The van der Waals surface area contributed by atoms with Crippen LogP contribution in [-0.4, -0.2) is 55.5 Å². The van der Waals surface area contributed by atoms with Crippen LogP contribution in [0.1, 0.15) is 36.3 Å². The molecule has 2 aromatic carbocycles. The van der Waals surface area contributed by atoms with Crippen molar-refractivity contribution in [3.63, 3.8) is 0 Å². The summed E-state index contributed by atoms with van der Waals surface area (Å²) < 4.78 is 0. The highest BCUT2D eigenvalue weighted by Gasteiger charge is 2.29. The van der Waals surface area contributed by atoms with Gasteiger partial charge >= 0.3 is 0 Å². The van der Waals surface area contributed by atoms with Gasteiger partial charge in [-0.05, 0) is 63.0 Å². The molecule has 1 N–H and O–H groups in total. The average molecular weight is 380 g/mol. The third-order valence-corrected chi connectivity index (χ3v) is 5.92. The van der Waals surface area contributed by atoms with E-state index in [2.05, 4.69) is 52.5 Å². The quantitative estimate of drug-likeness (QED) is 0.808. The zero-order valence-electron chi connectivity index (χ0n) is 17.0. The fourth-order valence-corrected chi connectivity index (χ4v) is 4.29. The van der Waals surface area contributed by atoms with Gasteiger partial charge in [-0.3, -0.25) is 9.69 Å². The molecule has 2 saturated heterocycles. The highest BCUT2D eigenvalue weighted by molar-refractivity contribution is 5.46. The average Bonchev–Trinajstić information content (AvgIpc) is 3.20. The van der Waals surface area contributed by atoms with Gasteiger partial charge in [0, 0.05) is 19.1 Å². The molecule has 4 heteroatoms. The Morgan fingerprint density at radius 3 is 2.14 bits per heavy atom. The number of carbonyl (C=O) groups is 1. The smallest absolute Gasteiger partial charge is 0.207 e. The molecular formula is C24H33N3O. The van der Waals surface area contributed by atoms with Gasteiger partial charge < -0.3 is 10.2 Å². The maximum absolute atomic E-state index is 9.87. The fourth-order valence-electron chi connectivity index (χ4n) is 4.29. The molecule has 2 aromatic rings. The normalized spacial score (nSPS) is 21.0. The first-order valence-corrected chi connectivity index (χ1v) is 10.4. The van der Waals surface area contributed by atoms with Crippen LogP contribution in [0.3, 0.4) is 0 Å². The zero-order valence-corrected chi connectivity index (χ0v) is 17.0. The standard InChI is InChI=1S/C16H24N2.C8H9NO/c1-17-10-9-16(13-17)18-11-7-15(8-12-18)14-5-3-2-4-6-14;10-7-9-6-8-4-2-1-3-5-8/h2-6,15-16H,7-13H2,1H3;1-5,7H,6H2,(H,9,10). The second-order valence-corrected chi connectivity index (χ2v) is 7.91. The molecule has 0 aliphatic carbocycles. The van der Waals surface area contributed by atoms with E-state index < -0.39 is 0 Å². The van der Waals surface area contributed by atoms with Gasteiger partial charge in [0.1, 0.15) is 0 Å². The largest absolute Gasteiger partial charge is 0.355 e. The van der Waals surface area contributed by atoms with Crippen LogP contribution in [0, 0.1) is 0 Å². The summed E-state index contributed by atoms with van der Waals surface area (Å²) in [6, 6.07) is 21.7. The van der Waals surface area contributed by atoms with Crippen LogP contribution in [0.4, 0.5) is 0 Å². The lowest BCUT2D eigenvalue weighted by molar-refractivity contribution is -0.109. The van der Waals surface area contributed by atoms with Gasteiger partial charge in [0.25, 0.3) is 0 Å². The summed E-state index contributed by atoms with van der Waals surface area (Å²) in [4.78, 5) is 15.1. The third kappa shape index (κ3) is 6.18. The van der Waals surface area contributed by atoms with Crippen molar-refractivity contribution in [2.45, 2.75) is 37.8 Å². The van der Waals surface area contributed by atoms with Crippen molar-refractivity contribution in [2.24, 2.45) is 0 Å². The molecule has 1 unspecified atom stereocenters. The van der Waals surface area contributed by atoms with Crippen molar-refractivity contribution < 1.29 is 4.79 Å². The summed E-state index contributed by atoms with van der Waals surface area (Å²) in [6.45, 7) is 5.75. The molecule has 2 aliphatic rings. The molecule has 1 atom stereocenters. The molecule has 28 heavy (non-hydrogen) atoms. The van der Waals surface area contributed by atoms with Crippen LogP contribution in [-0.2, 0) is 11.3 Å². The summed E-state index contributed by atoms with van der Waals surface area (Å²) in [7, 11) is 2.25. The van der Waals surface area contributed by atoms with Gasteiger partial charge in [-0.15, -0.1) is 0 Å². The molecule has 0 aromatic heterocycles. The minimum atomic E-state index is 0.615. The third-order valence-electron chi connectivity index (χ3n) is 5.92. The molecule has 0 spiro atoms. The summed E-state index contributed by atoms with van der Waals surface area (Å²) in [5.41, 5.74) is 2.66. The van der Waals surface area contributed by atoms with Gasteiger partial charge in [0.05, 0.1) is 0 Å². The Morgan fingerprint density at radius 2 is 1.57 bits per heavy atom. The van der Waals surface area contributed by atoms with Crippen molar-refractivity contribution in [1.82, 2.24) is 15.1 Å². The second-order valence-electron chi connectivity index (χ2n) is 7.91. The Bertz CT molecular complexity index is 684. The number of hydrogen-bond donors (Lipinski definition) is 1. The van der Waals surface area contributed by atoms with Crippen molar-refractivity contribution in [3.8, 4) is 0 Å². The number of benzene rings is 2. The maximum atomic E-state index is 9.87. The van der Waals surface area contributed by atoms with E-state index in [1.807, 2.05) is 30.3 Å². The minimum Gasteiger partial charge on any atom is -0.355 e. The van der Waals surface area contributed by atoms with Crippen LogP contribution in [0.5, 0.6) is 0 Å². The molecule has 0 radical (unpaired) electrons. The van der Waals surface area contributed by atoms with E-state index in [0.29, 0.717) is 13.0 Å². The number of piperidine rings is 1. The van der Waals surface area contributed by atoms with Gasteiger partial charge in [0.2, 0.25) is 6.41 Å². The molecular weight excluding hydrogens is 346 g/mol. The van der Waals surface area contributed by atoms with E-state index in [1.165, 1.54) is 45.4 Å². The summed E-state index contributed by atoms with van der Waals surface area (Å²) in [5.74, 6) is 0.793. The Balaban J connectivity index is 0.000000192. The van der Waals surface area contributed by atoms with Crippen molar-refractivity contribution in [1.29, 1.82) is 0 Å². The number of likely N-dealkylation sites (tertiary alicyclic amines) is 2. The molecule has 2 fully saturated rings. The summed E-state index contributed by atoms with van der Waals surface area (Å²) in [6.07, 6.45) is 4.74. The lowest BCUT2D eigenvalue weighted by atomic mass is 9.89. The number of nitrogens with zero attached hydrogens (tertiary/aromatic N) is 2. The second kappa shape index (κ2) is 11.0. The summed E-state index contributed by atoms with van der Waals surface area (Å²) in [5, 5.41) is 2.58. The fraction of sp³-hybridized carbons (Fsp3) is 0.458. The van der Waals surface area contributed by atoms with Crippen LogP contribution >= 0.6 is 0 Å². The Labute approximate surface area is 169 Å². The number of carbonyl (C=O) groups excluding carboxylic acids is 1. The summed E-state index contributed by atoms with van der Waals surface area (Å²) >= 11 is 0. The predicted molar refractivity (Wildman–Crippen MR) is 115 cm³/mol. The van der Waals surface area contributed by atoms with E-state index in [1.54, 1.807) is 5.56 Å². The highest BCUT2D eigenvalue weighted by Crippen LogP contribution is 2.29. The Kier molecular flexibility index (Phi) is 8.07. The lowest BCUT2D eigenvalue weighted by Crippen LogP contribution is -2.42. The number of nitrogens with one attached hydrogen (secondary N) is 1. The van der Waals surface area contributed by atoms with Crippen molar-refractivity contribution in [3.05, 3.63) is 71.8 Å². The minimum absolute atomic E-state index is 0.615. The Morgan fingerprint density at radius 1 is 0.929 bits per heavy atom. The SMILES string of the molecule is CN1CCC(N2CCC(c3ccccc3)CC2)C1.O=CNCc1ccccc1. The van der Waals surface area contributed by atoms with Gasteiger partial charge in [-0.1, -0.05) is 60.7 Å². The monoisotopic (exact) mass is 379 g/mol. The molecule has 4 rings (SSSR count). The van der Waals surface area contributed by atoms with E-state index in [-0.39, 0.29) is 0 Å². The van der Waals surface area contributed by atoms with Gasteiger partial charge in [-0.25, -0.2) is 0 Å². The van der Waals surface area contributed by atoms with Crippen LogP contribution in [0.2, 0.25) is 0 Å². The molecule has 2 heterocycles. The van der Waals surface area contributed by atoms with E-state index in [4.69, 9.17) is 0 Å². The van der Waals surface area contributed by atoms with Gasteiger partial charge in [-0.2, -0.15) is 0 Å². The number of rotatable bonds is 5. The first-order valence-electron chi connectivity index (χ1n) is 10.4. The lowest BCUT2D eigenvalue weighted by Gasteiger charge is -2.36. The predicted octanol–water partition coefficient (Wildman–Crippen LogP) is 3.50. The van der Waals surface area contributed by atoms with Crippen LogP contribution < -0.4 is 5.32 Å². The topological polar surface area (TPSA) is 35.6 Å². The number of amides is 1. The van der Waals surface area contributed by atoms with E-state index in [9.17, 15) is 4.79 Å². The molecule has 150 valence electrons. The van der Waals surface area contributed by atoms with Crippen molar-refractivity contribution in [2.75, 3.05) is 33.2 Å².